The van der Waals surface area contributed by atoms with Crippen molar-refractivity contribution in [3.8, 4) is 5.75 Å². The highest BCUT2D eigenvalue weighted by molar-refractivity contribution is 7.89. The standard InChI is InChI=1S/C19H19ClFNO5S/c1-12-14(20)6-5-9-18(12)28(24,25)22-11-13(10-16(22)19(23)26-2)27-17-8-4-3-7-15(17)21/h3-9,13,16H,10-11H2,1-2H3/t13-,16+/m0/s1. The molecule has 1 aliphatic rings. The molecule has 6 nitrogen and oxygen atoms in total. The predicted octanol–water partition coefficient (Wildman–Crippen LogP) is 3.17. The lowest BCUT2D eigenvalue weighted by molar-refractivity contribution is -0.144. The Kier molecular flexibility index (Phi) is 5.92. The monoisotopic (exact) mass is 427 g/mol. The number of hydrogen-bond acceptors (Lipinski definition) is 5. The molecule has 1 saturated heterocycles. The number of nitrogens with zero attached hydrogens (tertiary/aromatic N) is 1. The second-order valence-electron chi connectivity index (χ2n) is 6.38. The maximum absolute atomic E-state index is 13.9. The number of ether oxygens (including phenoxy) is 2. The molecule has 0 amide bonds. The molecule has 0 spiro atoms. The molecule has 2 aromatic rings. The molecule has 0 unspecified atom stereocenters. The maximum atomic E-state index is 13.9. The third-order valence-corrected chi connectivity index (χ3v) is 7.05. The highest BCUT2D eigenvalue weighted by Gasteiger charge is 2.46. The van der Waals surface area contributed by atoms with Crippen molar-refractivity contribution in [2.24, 2.45) is 0 Å². The number of para-hydroxylation sites is 1. The lowest BCUT2D eigenvalue weighted by Gasteiger charge is -2.23. The van der Waals surface area contributed by atoms with Crippen molar-refractivity contribution in [1.82, 2.24) is 4.31 Å². The van der Waals surface area contributed by atoms with Gasteiger partial charge in [-0.25, -0.2) is 12.8 Å². The van der Waals surface area contributed by atoms with Crippen LogP contribution in [0.15, 0.2) is 47.4 Å². The molecule has 0 aliphatic carbocycles. The molecule has 9 heteroatoms. The Bertz CT molecular complexity index is 998. The first-order valence-electron chi connectivity index (χ1n) is 8.51. The summed E-state index contributed by atoms with van der Waals surface area (Å²) in [5, 5.41) is 0.300. The van der Waals surface area contributed by atoms with Crippen LogP contribution in [0.1, 0.15) is 12.0 Å². The van der Waals surface area contributed by atoms with Crippen LogP contribution in [0.2, 0.25) is 5.02 Å². The fraction of sp³-hybridized carbons (Fsp3) is 0.316. The van der Waals surface area contributed by atoms with Gasteiger partial charge in [0.1, 0.15) is 12.1 Å². The van der Waals surface area contributed by atoms with Crippen LogP contribution in [-0.4, -0.2) is 44.5 Å². The first kappa shape index (κ1) is 20.6. The summed E-state index contributed by atoms with van der Waals surface area (Å²) in [4.78, 5) is 12.2. The van der Waals surface area contributed by atoms with Crippen LogP contribution in [0.5, 0.6) is 5.75 Å². The molecule has 2 aromatic carbocycles. The molecule has 150 valence electrons. The first-order valence-corrected chi connectivity index (χ1v) is 10.3. The van der Waals surface area contributed by atoms with Crippen LogP contribution < -0.4 is 4.74 Å². The van der Waals surface area contributed by atoms with E-state index in [9.17, 15) is 17.6 Å². The van der Waals surface area contributed by atoms with Crippen LogP contribution in [-0.2, 0) is 19.6 Å². The van der Waals surface area contributed by atoms with Crippen molar-refractivity contribution < 1.29 is 27.1 Å². The van der Waals surface area contributed by atoms with Crippen molar-refractivity contribution in [3.05, 3.63) is 58.9 Å². The lowest BCUT2D eigenvalue weighted by Crippen LogP contribution is -2.41. The molecule has 0 saturated carbocycles. The molecule has 1 aliphatic heterocycles. The second kappa shape index (κ2) is 8.06. The number of esters is 1. The van der Waals surface area contributed by atoms with E-state index in [1.807, 2.05) is 0 Å². The summed E-state index contributed by atoms with van der Waals surface area (Å²) in [5.74, 6) is -1.28. The summed E-state index contributed by atoms with van der Waals surface area (Å²) in [6, 6.07) is 9.27. The third kappa shape index (κ3) is 3.85. The number of hydrogen-bond donors (Lipinski definition) is 0. The fourth-order valence-electron chi connectivity index (χ4n) is 3.18. The second-order valence-corrected chi connectivity index (χ2v) is 8.65. The Morgan fingerprint density at radius 1 is 1.21 bits per heavy atom. The van der Waals surface area contributed by atoms with Gasteiger partial charge in [-0.3, -0.25) is 4.79 Å². The number of halogens is 2. The van der Waals surface area contributed by atoms with E-state index < -0.39 is 34.0 Å². The molecule has 0 aromatic heterocycles. The average molecular weight is 428 g/mol. The highest BCUT2D eigenvalue weighted by Crippen LogP contribution is 2.33. The largest absolute Gasteiger partial charge is 0.486 e. The number of benzene rings is 2. The van der Waals surface area contributed by atoms with E-state index in [1.165, 1.54) is 37.4 Å². The fourth-order valence-corrected chi connectivity index (χ4v) is 5.28. The van der Waals surface area contributed by atoms with Crippen LogP contribution in [0.4, 0.5) is 4.39 Å². The van der Waals surface area contributed by atoms with Gasteiger partial charge in [-0.05, 0) is 36.8 Å². The molecule has 0 bridgehead atoms. The van der Waals surface area contributed by atoms with Crippen molar-refractivity contribution in [2.75, 3.05) is 13.7 Å². The van der Waals surface area contributed by atoms with Gasteiger partial charge in [0.25, 0.3) is 0 Å². The lowest BCUT2D eigenvalue weighted by atomic mass is 10.2. The Balaban J connectivity index is 1.94. The molecule has 1 fully saturated rings. The minimum atomic E-state index is -4.06. The highest BCUT2D eigenvalue weighted by atomic mass is 35.5. The summed E-state index contributed by atoms with van der Waals surface area (Å²) in [6.07, 6.45) is -0.671. The number of sulfonamides is 1. The van der Waals surface area contributed by atoms with Crippen LogP contribution >= 0.6 is 11.6 Å². The zero-order chi connectivity index (χ0) is 20.5. The van der Waals surface area contributed by atoms with Gasteiger partial charge in [-0.15, -0.1) is 0 Å². The van der Waals surface area contributed by atoms with E-state index in [2.05, 4.69) is 0 Å². The molecule has 0 radical (unpaired) electrons. The number of rotatable bonds is 5. The number of carbonyl (C=O) groups excluding carboxylic acids is 1. The SMILES string of the molecule is COC(=O)[C@H]1C[C@H](Oc2ccccc2F)CN1S(=O)(=O)c1cccc(Cl)c1C. The summed E-state index contributed by atoms with van der Waals surface area (Å²) in [5.41, 5.74) is 0.381. The van der Waals surface area contributed by atoms with Gasteiger partial charge in [0.05, 0.1) is 18.6 Å². The van der Waals surface area contributed by atoms with E-state index in [4.69, 9.17) is 21.1 Å². The minimum absolute atomic E-state index is 0.000412. The van der Waals surface area contributed by atoms with Crippen molar-refractivity contribution in [3.63, 3.8) is 0 Å². The van der Waals surface area contributed by atoms with Crippen LogP contribution in [0, 0.1) is 12.7 Å². The molecular weight excluding hydrogens is 409 g/mol. The van der Waals surface area contributed by atoms with Gasteiger partial charge in [-0.1, -0.05) is 29.8 Å². The van der Waals surface area contributed by atoms with E-state index in [0.29, 0.717) is 10.6 Å². The van der Waals surface area contributed by atoms with Crippen LogP contribution in [0.3, 0.4) is 0 Å². The van der Waals surface area contributed by atoms with Crippen molar-refractivity contribution in [1.29, 1.82) is 0 Å². The Labute approximate surface area is 167 Å². The average Bonchev–Trinajstić information content (AvgIpc) is 3.10. The molecule has 1 heterocycles. The van der Waals surface area contributed by atoms with Gasteiger partial charge in [-0.2, -0.15) is 4.31 Å². The van der Waals surface area contributed by atoms with Crippen molar-refractivity contribution in [2.45, 2.75) is 30.4 Å². The van der Waals surface area contributed by atoms with E-state index >= 15 is 0 Å². The summed E-state index contributed by atoms with van der Waals surface area (Å²) < 4.78 is 51.8. The molecule has 0 N–H and O–H groups in total. The van der Waals surface area contributed by atoms with Gasteiger partial charge in [0, 0.05) is 11.4 Å². The third-order valence-electron chi connectivity index (χ3n) is 4.63. The van der Waals surface area contributed by atoms with E-state index in [-0.39, 0.29) is 23.6 Å². The quantitative estimate of drug-likeness (QED) is 0.685. The smallest absolute Gasteiger partial charge is 0.324 e. The Morgan fingerprint density at radius 2 is 1.93 bits per heavy atom. The predicted molar refractivity (Wildman–Crippen MR) is 101 cm³/mol. The van der Waals surface area contributed by atoms with Gasteiger partial charge >= 0.3 is 5.97 Å². The zero-order valence-corrected chi connectivity index (χ0v) is 16.8. The van der Waals surface area contributed by atoms with E-state index in [0.717, 1.165) is 4.31 Å². The van der Waals surface area contributed by atoms with Crippen LogP contribution in [0.25, 0.3) is 0 Å². The maximum Gasteiger partial charge on any atom is 0.324 e. The normalized spacial score (nSPS) is 20.1. The molecule has 28 heavy (non-hydrogen) atoms. The summed E-state index contributed by atoms with van der Waals surface area (Å²) >= 11 is 6.07. The van der Waals surface area contributed by atoms with Gasteiger partial charge in [0.15, 0.2) is 11.6 Å². The summed E-state index contributed by atoms with van der Waals surface area (Å²) in [7, 11) is -2.87. The first-order chi connectivity index (χ1) is 13.3. The summed E-state index contributed by atoms with van der Waals surface area (Å²) in [6.45, 7) is 1.47. The van der Waals surface area contributed by atoms with Crippen molar-refractivity contribution >= 4 is 27.6 Å². The topological polar surface area (TPSA) is 72.9 Å². The molecule has 3 rings (SSSR count). The van der Waals surface area contributed by atoms with E-state index in [1.54, 1.807) is 19.1 Å². The zero-order valence-electron chi connectivity index (χ0n) is 15.3. The molecular formula is C19H19ClFNO5S. The Hall–Kier alpha value is -2.16. The number of methoxy groups -OCH3 is 1. The van der Waals surface area contributed by atoms with Gasteiger partial charge < -0.3 is 9.47 Å². The molecule has 2 atom stereocenters. The minimum Gasteiger partial charge on any atom is -0.486 e. The van der Waals surface area contributed by atoms with Gasteiger partial charge in [0.2, 0.25) is 10.0 Å². The Morgan fingerprint density at radius 3 is 2.61 bits per heavy atom. The number of carbonyl (C=O) groups is 1.